The molecular formula is C23H40IN5O. The predicted octanol–water partition coefficient (Wildman–Crippen LogP) is 3.11. The number of carbonyl (C=O) groups excluding carboxylic acids is 1. The molecule has 0 bridgehead atoms. The molecule has 0 saturated carbocycles. The number of nitrogens with zero attached hydrogens (tertiary/aromatic N) is 2. The minimum atomic E-state index is -0.159. The zero-order valence-corrected chi connectivity index (χ0v) is 21.2. The number of rotatable bonds is 10. The molecule has 1 aromatic rings. The van der Waals surface area contributed by atoms with Gasteiger partial charge in [0.2, 0.25) is 5.91 Å². The minimum absolute atomic E-state index is 0. The lowest BCUT2D eigenvalue weighted by Gasteiger charge is -2.31. The predicted molar refractivity (Wildman–Crippen MR) is 137 cm³/mol. The molecule has 1 heterocycles. The van der Waals surface area contributed by atoms with Gasteiger partial charge in [0.15, 0.2) is 5.96 Å². The number of hydrogen-bond donors (Lipinski definition) is 3. The van der Waals surface area contributed by atoms with Crippen LogP contribution < -0.4 is 16.4 Å². The first-order chi connectivity index (χ1) is 14.0. The van der Waals surface area contributed by atoms with Crippen LogP contribution in [0.25, 0.3) is 0 Å². The number of halogens is 1. The van der Waals surface area contributed by atoms with Gasteiger partial charge < -0.3 is 21.3 Å². The molecule has 0 spiro atoms. The van der Waals surface area contributed by atoms with E-state index < -0.39 is 0 Å². The second-order valence-corrected chi connectivity index (χ2v) is 8.32. The van der Waals surface area contributed by atoms with Gasteiger partial charge in [-0.2, -0.15) is 0 Å². The molecule has 7 heteroatoms. The summed E-state index contributed by atoms with van der Waals surface area (Å²) in [6, 6.07) is 8.96. The van der Waals surface area contributed by atoms with Crippen LogP contribution in [0.2, 0.25) is 0 Å². The Balaban J connectivity index is 0.00000450. The Kier molecular flexibility index (Phi) is 13.0. The summed E-state index contributed by atoms with van der Waals surface area (Å²) in [5.41, 5.74) is 8.23. The van der Waals surface area contributed by atoms with Crippen molar-refractivity contribution in [1.82, 2.24) is 15.5 Å². The number of hydrogen-bond acceptors (Lipinski definition) is 3. The van der Waals surface area contributed by atoms with Crippen molar-refractivity contribution >= 4 is 35.8 Å². The van der Waals surface area contributed by atoms with Gasteiger partial charge in [-0.3, -0.25) is 9.79 Å². The van der Waals surface area contributed by atoms with E-state index in [4.69, 9.17) is 5.73 Å². The Hall–Kier alpha value is -1.35. The normalized spacial score (nSPS) is 17.5. The van der Waals surface area contributed by atoms with Gasteiger partial charge in [-0.15, -0.1) is 24.0 Å². The molecule has 30 heavy (non-hydrogen) atoms. The number of benzene rings is 1. The maximum absolute atomic E-state index is 11.4. The lowest BCUT2D eigenvalue weighted by molar-refractivity contribution is -0.123. The third-order valence-corrected chi connectivity index (χ3v) is 5.66. The summed E-state index contributed by atoms with van der Waals surface area (Å²) < 4.78 is 0. The average Bonchev–Trinajstić information content (AvgIpc) is 2.73. The first-order valence-corrected chi connectivity index (χ1v) is 11.0. The van der Waals surface area contributed by atoms with E-state index in [9.17, 15) is 4.79 Å². The van der Waals surface area contributed by atoms with E-state index in [1.54, 1.807) is 0 Å². The van der Waals surface area contributed by atoms with Crippen LogP contribution in [0.5, 0.6) is 0 Å². The fraction of sp³-hybridized carbons (Fsp3) is 0.652. The Bertz CT molecular complexity index is 647. The third kappa shape index (κ3) is 9.64. The fourth-order valence-corrected chi connectivity index (χ4v) is 3.79. The molecule has 6 nitrogen and oxygen atoms in total. The van der Waals surface area contributed by atoms with Gasteiger partial charge in [-0.25, -0.2) is 0 Å². The molecule has 170 valence electrons. The van der Waals surface area contributed by atoms with E-state index in [2.05, 4.69) is 58.6 Å². The summed E-state index contributed by atoms with van der Waals surface area (Å²) in [6.07, 6.45) is 5.16. The van der Waals surface area contributed by atoms with Crippen molar-refractivity contribution in [3.8, 4) is 0 Å². The monoisotopic (exact) mass is 529 g/mol. The molecule has 1 atom stereocenters. The Morgan fingerprint density at radius 2 is 1.87 bits per heavy atom. The first kappa shape index (κ1) is 26.7. The summed E-state index contributed by atoms with van der Waals surface area (Å²) >= 11 is 0. The van der Waals surface area contributed by atoms with E-state index in [1.807, 2.05) is 7.05 Å². The van der Waals surface area contributed by atoms with Crippen LogP contribution in [0.1, 0.15) is 56.6 Å². The summed E-state index contributed by atoms with van der Waals surface area (Å²) in [6.45, 7) is 9.07. The topological polar surface area (TPSA) is 82.8 Å². The van der Waals surface area contributed by atoms with E-state index in [0.717, 1.165) is 70.8 Å². The lowest BCUT2D eigenvalue weighted by Crippen LogP contribution is -2.43. The molecule has 1 aliphatic rings. The molecule has 0 aromatic heterocycles. The number of aliphatic imine (C=N–C) groups is 1. The summed E-state index contributed by atoms with van der Waals surface area (Å²) in [5, 5.41) is 6.78. The lowest BCUT2D eigenvalue weighted by atomic mass is 9.97. The molecule has 1 fully saturated rings. The Labute approximate surface area is 199 Å². The quantitative estimate of drug-likeness (QED) is 0.188. The Morgan fingerprint density at radius 3 is 2.47 bits per heavy atom. The highest BCUT2D eigenvalue weighted by Crippen LogP contribution is 2.16. The van der Waals surface area contributed by atoms with Gasteiger partial charge in [-0.1, -0.05) is 38.1 Å². The minimum Gasteiger partial charge on any atom is -0.369 e. The van der Waals surface area contributed by atoms with Crippen LogP contribution in [0.3, 0.4) is 0 Å². The van der Waals surface area contributed by atoms with Crippen LogP contribution >= 0.6 is 24.0 Å². The molecule has 1 aromatic carbocycles. The number of aryl methyl sites for hydroxylation is 1. The third-order valence-electron chi connectivity index (χ3n) is 5.66. The maximum atomic E-state index is 11.4. The number of nitrogens with two attached hydrogens (primary N) is 1. The fourth-order valence-electron chi connectivity index (χ4n) is 3.79. The molecule has 1 saturated heterocycles. The molecule has 4 N–H and O–H groups in total. The SMILES string of the molecule is CN=C(NCCCc1ccc(C(C)C)cc1)NCCCN1CCCC(C(N)=O)C1.I. The molecule has 1 amide bonds. The number of piperidine rings is 1. The van der Waals surface area contributed by atoms with Crippen LogP contribution in [0.15, 0.2) is 29.3 Å². The van der Waals surface area contributed by atoms with Crippen LogP contribution in [0, 0.1) is 5.92 Å². The van der Waals surface area contributed by atoms with E-state index in [0.29, 0.717) is 5.92 Å². The molecule has 0 aliphatic carbocycles. The van der Waals surface area contributed by atoms with Gasteiger partial charge in [-0.05, 0) is 62.2 Å². The van der Waals surface area contributed by atoms with Crippen LogP contribution in [-0.2, 0) is 11.2 Å². The van der Waals surface area contributed by atoms with Crippen LogP contribution in [0.4, 0.5) is 0 Å². The van der Waals surface area contributed by atoms with Crippen molar-refractivity contribution in [2.45, 2.75) is 51.9 Å². The van der Waals surface area contributed by atoms with Gasteiger partial charge in [0, 0.05) is 26.7 Å². The number of guanidine groups is 1. The van der Waals surface area contributed by atoms with E-state index in [-0.39, 0.29) is 35.8 Å². The second kappa shape index (κ2) is 14.6. The van der Waals surface area contributed by atoms with Gasteiger partial charge in [0.1, 0.15) is 0 Å². The van der Waals surface area contributed by atoms with E-state index >= 15 is 0 Å². The molecule has 2 rings (SSSR count). The number of nitrogens with one attached hydrogen (secondary N) is 2. The summed E-state index contributed by atoms with van der Waals surface area (Å²) in [5.74, 6) is 1.30. The zero-order valence-electron chi connectivity index (χ0n) is 18.8. The number of primary amides is 1. The van der Waals surface area contributed by atoms with Crippen molar-refractivity contribution in [3.63, 3.8) is 0 Å². The highest BCUT2D eigenvalue weighted by molar-refractivity contribution is 14.0. The first-order valence-electron chi connectivity index (χ1n) is 11.0. The summed E-state index contributed by atoms with van der Waals surface area (Å²) in [4.78, 5) is 18.0. The number of likely N-dealkylation sites (tertiary alicyclic amines) is 1. The van der Waals surface area contributed by atoms with E-state index in [1.165, 1.54) is 11.1 Å². The van der Waals surface area contributed by atoms with Crippen molar-refractivity contribution in [1.29, 1.82) is 0 Å². The largest absolute Gasteiger partial charge is 0.369 e. The standard InChI is InChI=1S/C23H39N5O.HI/c1-18(2)20-11-9-19(10-12-20)7-4-13-26-23(25-3)27-14-6-16-28-15-5-8-21(17-28)22(24)29;/h9-12,18,21H,4-8,13-17H2,1-3H3,(H2,24,29)(H2,25,26,27);1H. The highest BCUT2D eigenvalue weighted by Gasteiger charge is 2.23. The summed E-state index contributed by atoms with van der Waals surface area (Å²) in [7, 11) is 1.81. The maximum Gasteiger partial charge on any atom is 0.221 e. The van der Waals surface area contributed by atoms with Gasteiger partial charge in [0.25, 0.3) is 0 Å². The highest BCUT2D eigenvalue weighted by atomic mass is 127. The molecule has 1 unspecified atom stereocenters. The molecule has 0 radical (unpaired) electrons. The average molecular weight is 530 g/mol. The second-order valence-electron chi connectivity index (χ2n) is 8.32. The van der Waals surface area contributed by atoms with Crippen molar-refractivity contribution in [2.24, 2.45) is 16.6 Å². The van der Waals surface area contributed by atoms with Crippen molar-refractivity contribution < 1.29 is 4.79 Å². The van der Waals surface area contributed by atoms with Gasteiger partial charge >= 0.3 is 0 Å². The number of amides is 1. The zero-order chi connectivity index (χ0) is 21.1. The number of carbonyl (C=O) groups is 1. The Morgan fingerprint density at radius 1 is 1.20 bits per heavy atom. The van der Waals surface area contributed by atoms with Crippen LogP contribution in [-0.4, -0.2) is 56.5 Å². The van der Waals surface area contributed by atoms with Gasteiger partial charge in [0.05, 0.1) is 5.92 Å². The molecule has 1 aliphatic heterocycles. The van der Waals surface area contributed by atoms with Crippen molar-refractivity contribution in [3.05, 3.63) is 35.4 Å². The smallest absolute Gasteiger partial charge is 0.221 e. The van der Waals surface area contributed by atoms with Crippen molar-refractivity contribution in [2.75, 3.05) is 39.8 Å². The molecular weight excluding hydrogens is 489 g/mol.